The molecule has 6 heteroatoms. The lowest BCUT2D eigenvalue weighted by Gasteiger charge is -2.05. The molecule has 16 heavy (non-hydrogen) atoms. The van der Waals surface area contributed by atoms with Crippen LogP contribution in [0.1, 0.15) is 5.82 Å². The number of nitrogens with zero attached hydrogens (tertiary/aromatic N) is 2. The van der Waals surface area contributed by atoms with Crippen LogP contribution in [0.4, 0.5) is 4.39 Å². The van der Waals surface area contributed by atoms with E-state index in [0.29, 0.717) is 12.4 Å². The molecule has 1 aromatic carbocycles. The summed E-state index contributed by atoms with van der Waals surface area (Å²) in [6.45, 7) is 0.382. The molecule has 1 aromatic heterocycles. The molecular weight excluding hydrogens is 211 g/mol. The standard InChI is InChI=1S/C10H11FN4O/c1-12-6-9-13-14-10(16)15(9)8-5-3-2-4-7(8)11/h2-5,12H,6H2,1H3,(H,14,16). The first-order chi connectivity index (χ1) is 7.74. The molecule has 0 amide bonds. The summed E-state index contributed by atoms with van der Waals surface area (Å²) in [5.74, 6) is -0.0130. The average Bonchev–Trinajstić information content (AvgIpc) is 2.62. The topological polar surface area (TPSA) is 62.7 Å². The van der Waals surface area contributed by atoms with Gasteiger partial charge in [0.05, 0.1) is 12.2 Å². The van der Waals surface area contributed by atoms with Crippen molar-refractivity contribution in [3.8, 4) is 5.69 Å². The second-order valence-electron chi connectivity index (χ2n) is 3.26. The van der Waals surface area contributed by atoms with Crippen LogP contribution in [-0.4, -0.2) is 21.8 Å². The Labute approximate surface area is 90.9 Å². The van der Waals surface area contributed by atoms with E-state index in [2.05, 4.69) is 15.5 Å². The van der Waals surface area contributed by atoms with Gasteiger partial charge in [-0.2, -0.15) is 5.10 Å². The second kappa shape index (κ2) is 4.28. The third-order valence-corrected chi connectivity index (χ3v) is 2.17. The number of H-pyrrole nitrogens is 1. The number of aromatic amines is 1. The van der Waals surface area contributed by atoms with Crippen molar-refractivity contribution < 1.29 is 4.39 Å². The van der Waals surface area contributed by atoms with Crippen LogP contribution < -0.4 is 11.0 Å². The molecule has 1 heterocycles. The molecular formula is C10H11FN4O. The van der Waals surface area contributed by atoms with Crippen LogP contribution in [0.2, 0.25) is 0 Å². The highest BCUT2D eigenvalue weighted by Crippen LogP contribution is 2.11. The smallest absolute Gasteiger partial charge is 0.313 e. The van der Waals surface area contributed by atoms with E-state index in [1.54, 1.807) is 19.2 Å². The lowest BCUT2D eigenvalue weighted by atomic mass is 10.3. The van der Waals surface area contributed by atoms with Gasteiger partial charge >= 0.3 is 5.69 Å². The summed E-state index contributed by atoms with van der Waals surface area (Å²) in [4.78, 5) is 11.5. The summed E-state index contributed by atoms with van der Waals surface area (Å²) in [7, 11) is 1.73. The van der Waals surface area contributed by atoms with E-state index in [1.807, 2.05) is 0 Å². The molecule has 0 aliphatic heterocycles. The Morgan fingerprint density at radius 3 is 2.94 bits per heavy atom. The van der Waals surface area contributed by atoms with Crippen molar-refractivity contribution in [2.75, 3.05) is 7.05 Å². The molecule has 0 bridgehead atoms. The molecule has 0 fully saturated rings. The zero-order valence-electron chi connectivity index (χ0n) is 8.70. The Bertz CT molecular complexity index is 546. The zero-order chi connectivity index (χ0) is 11.5. The summed E-state index contributed by atoms with van der Waals surface area (Å²) in [6.07, 6.45) is 0. The van der Waals surface area contributed by atoms with Gasteiger partial charge in [0.2, 0.25) is 0 Å². The molecule has 2 N–H and O–H groups in total. The SMILES string of the molecule is CNCc1n[nH]c(=O)n1-c1ccccc1F. The fourth-order valence-corrected chi connectivity index (χ4v) is 1.49. The minimum atomic E-state index is -0.455. The van der Waals surface area contributed by atoms with Gasteiger partial charge in [-0.3, -0.25) is 0 Å². The van der Waals surface area contributed by atoms with Crippen LogP contribution in [0.15, 0.2) is 29.1 Å². The maximum absolute atomic E-state index is 13.5. The first kappa shape index (κ1) is 10.6. The monoisotopic (exact) mass is 222 g/mol. The summed E-state index contributed by atoms with van der Waals surface area (Å²) in [6, 6.07) is 6.08. The zero-order valence-corrected chi connectivity index (χ0v) is 8.70. The summed E-state index contributed by atoms with van der Waals surface area (Å²) in [5.41, 5.74) is -0.248. The predicted molar refractivity (Wildman–Crippen MR) is 56.9 cm³/mol. The van der Waals surface area contributed by atoms with Gasteiger partial charge in [-0.25, -0.2) is 18.9 Å². The molecule has 0 unspecified atom stereocenters. The quantitative estimate of drug-likeness (QED) is 0.791. The van der Waals surface area contributed by atoms with Gasteiger partial charge in [0.1, 0.15) is 5.82 Å². The fourth-order valence-electron chi connectivity index (χ4n) is 1.49. The van der Waals surface area contributed by atoms with E-state index in [1.165, 1.54) is 16.7 Å². The molecule has 0 aliphatic carbocycles. The van der Waals surface area contributed by atoms with E-state index >= 15 is 0 Å². The van der Waals surface area contributed by atoms with Crippen molar-refractivity contribution in [1.29, 1.82) is 0 Å². The number of benzene rings is 1. The third kappa shape index (κ3) is 1.74. The van der Waals surface area contributed by atoms with E-state index in [9.17, 15) is 9.18 Å². The maximum Gasteiger partial charge on any atom is 0.348 e. The van der Waals surface area contributed by atoms with Gasteiger partial charge < -0.3 is 5.32 Å². The van der Waals surface area contributed by atoms with Crippen molar-refractivity contribution in [2.24, 2.45) is 0 Å². The van der Waals surface area contributed by atoms with Gasteiger partial charge in [-0.05, 0) is 19.2 Å². The highest BCUT2D eigenvalue weighted by molar-refractivity contribution is 5.33. The van der Waals surface area contributed by atoms with Gasteiger partial charge in [0, 0.05) is 0 Å². The van der Waals surface area contributed by atoms with Gasteiger partial charge in [-0.1, -0.05) is 12.1 Å². The van der Waals surface area contributed by atoms with Crippen LogP contribution in [0, 0.1) is 5.82 Å². The third-order valence-electron chi connectivity index (χ3n) is 2.17. The minimum absolute atomic E-state index is 0.200. The van der Waals surface area contributed by atoms with Gasteiger partial charge in [0.25, 0.3) is 0 Å². The number of halogens is 1. The average molecular weight is 222 g/mol. The molecule has 2 aromatic rings. The van der Waals surface area contributed by atoms with Crippen molar-refractivity contribution >= 4 is 0 Å². The molecule has 2 rings (SSSR count). The summed E-state index contributed by atoms with van der Waals surface area (Å²) >= 11 is 0. The van der Waals surface area contributed by atoms with Crippen LogP contribution in [0.25, 0.3) is 5.69 Å². The van der Waals surface area contributed by atoms with E-state index < -0.39 is 11.5 Å². The Hall–Kier alpha value is -1.95. The summed E-state index contributed by atoms with van der Waals surface area (Å²) in [5, 5.41) is 8.98. The highest BCUT2D eigenvalue weighted by atomic mass is 19.1. The van der Waals surface area contributed by atoms with E-state index in [-0.39, 0.29) is 5.69 Å². The van der Waals surface area contributed by atoms with E-state index in [0.717, 1.165) is 0 Å². The number of aromatic nitrogens is 3. The predicted octanol–water partition coefficient (Wildman–Crippen LogP) is 0.419. The van der Waals surface area contributed by atoms with Crippen molar-refractivity contribution in [2.45, 2.75) is 6.54 Å². The van der Waals surface area contributed by atoms with Crippen LogP contribution in [-0.2, 0) is 6.54 Å². The number of hydrogen-bond donors (Lipinski definition) is 2. The number of rotatable bonds is 3. The van der Waals surface area contributed by atoms with E-state index in [4.69, 9.17) is 0 Å². The second-order valence-corrected chi connectivity index (χ2v) is 3.26. The Morgan fingerprint density at radius 1 is 1.50 bits per heavy atom. The van der Waals surface area contributed by atoms with Crippen LogP contribution in [0.3, 0.4) is 0 Å². The lowest BCUT2D eigenvalue weighted by Crippen LogP contribution is -2.20. The van der Waals surface area contributed by atoms with Crippen LogP contribution >= 0.6 is 0 Å². The highest BCUT2D eigenvalue weighted by Gasteiger charge is 2.12. The van der Waals surface area contributed by atoms with Crippen molar-refractivity contribution in [1.82, 2.24) is 20.1 Å². The molecule has 5 nitrogen and oxygen atoms in total. The molecule has 0 atom stereocenters. The fraction of sp³-hybridized carbons (Fsp3) is 0.200. The molecule has 0 spiro atoms. The molecule has 0 saturated heterocycles. The first-order valence-corrected chi connectivity index (χ1v) is 4.80. The maximum atomic E-state index is 13.5. The number of nitrogens with one attached hydrogen (secondary N) is 2. The first-order valence-electron chi connectivity index (χ1n) is 4.80. The molecule has 0 saturated carbocycles. The number of hydrogen-bond acceptors (Lipinski definition) is 3. The van der Waals surface area contributed by atoms with Crippen LogP contribution in [0.5, 0.6) is 0 Å². The molecule has 84 valence electrons. The van der Waals surface area contributed by atoms with Gasteiger partial charge in [0.15, 0.2) is 5.82 Å². The normalized spacial score (nSPS) is 10.6. The Kier molecular flexibility index (Phi) is 2.82. The largest absolute Gasteiger partial charge is 0.348 e. The number of para-hydroxylation sites is 1. The summed E-state index contributed by atoms with van der Waals surface area (Å²) < 4.78 is 14.7. The van der Waals surface area contributed by atoms with Gasteiger partial charge in [-0.15, -0.1) is 0 Å². The van der Waals surface area contributed by atoms with Crippen molar-refractivity contribution in [3.63, 3.8) is 0 Å². The molecule has 0 radical (unpaired) electrons. The van der Waals surface area contributed by atoms with Crippen molar-refractivity contribution in [3.05, 3.63) is 46.4 Å². The minimum Gasteiger partial charge on any atom is -0.313 e. The lowest BCUT2D eigenvalue weighted by molar-refractivity contribution is 0.610. The Morgan fingerprint density at radius 2 is 2.25 bits per heavy atom. The Balaban J connectivity index is 2.59. The molecule has 0 aliphatic rings.